The van der Waals surface area contributed by atoms with E-state index in [-0.39, 0.29) is 0 Å². The minimum atomic E-state index is 0.580. The number of anilines is 3. The molecule has 0 amide bonds. The fraction of sp³-hybridized carbons (Fsp3) is 0.312. The number of nitrogens with zero attached hydrogens (tertiary/aromatic N) is 6. The van der Waals surface area contributed by atoms with Crippen molar-refractivity contribution in [2.45, 2.75) is 0 Å². The van der Waals surface area contributed by atoms with Gasteiger partial charge in [0.25, 0.3) is 0 Å². The van der Waals surface area contributed by atoms with E-state index in [1.807, 2.05) is 48.3 Å². The van der Waals surface area contributed by atoms with Crippen molar-refractivity contribution in [3.8, 4) is 5.69 Å². The zero-order valence-corrected chi connectivity index (χ0v) is 13.5. The van der Waals surface area contributed by atoms with Crippen LogP contribution < -0.4 is 10.2 Å². The number of hydrogen-bond donors (Lipinski definition) is 1. The first-order valence-corrected chi connectivity index (χ1v) is 7.90. The van der Waals surface area contributed by atoms with Crippen molar-refractivity contribution in [1.29, 1.82) is 0 Å². The quantitative estimate of drug-likeness (QED) is 0.785. The average Bonchev–Trinajstić information content (AvgIpc) is 3.26. The van der Waals surface area contributed by atoms with Gasteiger partial charge in [0.15, 0.2) is 0 Å². The zero-order valence-electron chi connectivity index (χ0n) is 13.5. The third-order valence-electron chi connectivity index (χ3n) is 3.91. The maximum Gasteiger partial charge on any atom is 0.248 e. The Kier molecular flexibility index (Phi) is 3.87. The largest absolute Gasteiger partial charge is 0.378 e. The number of morpholine rings is 1. The molecule has 24 heavy (non-hydrogen) atoms. The second kappa shape index (κ2) is 6.32. The molecule has 1 saturated heterocycles. The van der Waals surface area contributed by atoms with E-state index in [2.05, 4.69) is 25.4 Å². The molecule has 1 aromatic carbocycles. The van der Waals surface area contributed by atoms with Crippen molar-refractivity contribution in [2.24, 2.45) is 7.05 Å². The zero-order chi connectivity index (χ0) is 16.4. The number of hydrogen-bond acceptors (Lipinski definition) is 6. The third kappa shape index (κ3) is 2.95. The van der Waals surface area contributed by atoms with Crippen LogP contribution in [0.2, 0.25) is 0 Å². The Balaban J connectivity index is 1.54. The van der Waals surface area contributed by atoms with Gasteiger partial charge in [0.05, 0.1) is 18.9 Å². The van der Waals surface area contributed by atoms with E-state index in [0.29, 0.717) is 5.95 Å². The van der Waals surface area contributed by atoms with Crippen molar-refractivity contribution in [3.05, 3.63) is 42.7 Å². The summed E-state index contributed by atoms with van der Waals surface area (Å²) < 4.78 is 9.00. The minimum Gasteiger partial charge on any atom is -0.378 e. The van der Waals surface area contributed by atoms with Crippen LogP contribution in [0.1, 0.15) is 0 Å². The summed E-state index contributed by atoms with van der Waals surface area (Å²) in [6.07, 6.45) is 3.67. The number of aryl methyl sites for hydroxylation is 1. The van der Waals surface area contributed by atoms with Gasteiger partial charge >= 0.3 is 0 Å². The van der Waals surface area contributed by atoms with Crippen molar-refractivity contribution < 1.29 is 4.74 Å². The van der Waals surface area contributed by atoms with Crippen LogP contribution in [0.3, 0.4) is 0 Å². The van der Waals surface area contributed by atoms with Gasteiger partial charge in [-0.15, -0.1) is 5.10 Å². The Labute approximate surface area is 139 Å². The molecule has 3 heterocycles. The lowest BCUT2D eigenvalue weighted by Crippen LogP contribution is -2.37. The van der Waals surface area contributed by atoms with Gasteiger partial charge < -0.3 is 15.0 Å². The molecule has 1 N–H and O–H groups in total. The van der Waals surface area contributed by atoms with Crippen molar-refractivity contribution in [2.75, 3.05) is 36.5 Å². The average molecular weight is 325 g/mol. The van der Waals surface area contributed by atoms with E-state index in [0.717, 1.165) is 43.6 Å². The lowest BCUT2D eigenvalue weighted by atomic mass is 10.3. The molecule has 0 bridgehead atoms. The Morgan fingerprint density at radius 1 is 1.17 bits per heavy atom. The summed E-state index contributed by atoms with van der Waals surface area (Å²) in [6.45, 7) is 3.12. The molecule has 0 unspecified atom stereocenters. The smallest absolute Gasteiger partial charge is 0.248 e. The van der Waals surface area contributed by atoms with Gasteiger partial charge in [-0.25, -0.2) is 9.36 Å². The van der Waals surface area contributed by atoms with Gasteiger partial charge in [0.1, 0.15) is 0 Å². The van der Waals surface area contributed by atoms with Crippen LogP contribution in [0, 0.1) is 0 Å². The number of benzene rings is 1. The highest BCUT2D eigenvalue weighted by molar-refractivity contribution is 5.58. The summed E-state index contributed by atoms with van der Waals surface area (Å²) in [4.78, 5) is 6.79. The summed E-state index contributed by atoms with van der Waals surface area (Å²) in [6, 6.07) is 9.87. The lowest BCUT2D eigenvalue weighted by molar-refractivity contribution is 0.121. The maximum atomic E-state index is 5.39. The maximum absolute atomic E-state index is 5.39. The van der Waals surface area contributed by atoms with E-state index >= 15 is 0 Å². The van der Waals surface area contributed by atoms with Gasteiger partial charge in [0, 0.05) is 38.2 Å². The van der Waals surface area contributed by atoms with Crippen molar-refractivity contribution in [3.63, 3.8) is 0 Å². The van der Waals surface area contributed by atoms with Crippen LogP contribution in [0.25, 0.3) is 5.69 Å². The first-order valence-electron chi connectivity index (χ1n) is 7.90. The van der Waals surface area contributed by atoms with E-state index in [4.69, 9.17) is 4.74 Å². The number of ether oxygens (including phenoxy) is 1. The summed E-state index contributed by atoms with van der Waals surface area (Å²) >= 11 is 0. The Bertz CT molecular complexity index is 806. The van der Waals surface area contributed by atoms with Crippen molar-refractivity contribution in [1.82, 2.24) is 24.5 Å². The molecule has 8 nitrogen and oxygen atoms in total. The van der Waals surface area contributed by atoms with Crippen LogP contribution in [-0.2, 0) is 11.8 Å². The highest BCUT2D eigenvalue weighted by atomic mass is 16.5. The van der Waals surface area contributed by atoms with Crippen LogP contribution in [0.4, 0.5) is 17.6 Å². The molecule has 0 radical (unpaired) electrons. The Morgan fingerprint density at radius 2 is 2.04 bits per heavy atom. The predicted octanol–water partition coefficient (Wildman–Crippen LogP) is 1.58. The van der Waals surface area contributed by atoms with Gasteiger partial charge in [-0.1, -0.05) is 6.07 Å². The molecule has 0 atom stereocenters. The highest BCUT2D eigenvalue weighted by Gasteiger charge is 2.17. The molecule has 1 aliphatic heterocycles. The summed E-state index contributed by atoms with van der Waals surface area (Å²) in [5.41, 5.74) is 1.90. The fourth-order valence-electron chi connectivity index (χ4n) is 2.74. The van der Waals surface area contributed by atoms with E-state index in [1.54, 1.807) is 10.9 Å². The van der Waals surface area contributed by atoms with Gasteiger partial charge in [0.2, 0.25) is 11.9 Å². The molecule has 1 fully saturated rings. The van der Waals surface area contributed by atoms with E-state index in [1.165, 1.54) is 0 Å². The van der Waals surface area contributed by atoms with E-state index < -0.39 is 0 Å². The molecule has 1 aliphatic rings. The van der Waals surface area contributed by atoms with Crippen LogP contribution in [-0.4, -0.2) is 50.8 Å². The topological polar surface area (TPSA) is 73.0 Å². The SMILES string of the molecule is Cn1nc(Nc2cccc(-n3cccn3)c2)nc1N1CCOCC1. The molecule has 8 heteroatoms. The molecule has 0 saturated carbocycles. The van der Waals surface area contributed by atoms with Crippen molar-refractivity contribution >= 4 is 17.6 Å². The molecule has 3 aromatic rings. The second-order valence-electron chi connectivity index (χ2n) is 5.58. The number of nitrogens with one attached hydrogen (secondary N) is 1. The number of aromatic nitrogens is 5. The molecule has 2 aromatic heterocycles. The third-order valence-corrected chi connectivity index (χ3v) is 3.91. The van der Waals surface area contributed by atoms with E-state index in [9.17, 15) is 0 Å². The lowest BCUT2D eigenvalue weighted by Gasteiger charge is -2.26. The summed E-state index contributed by atoms with van der Waals surface area (Å²) in [5, 5.41) is 12.0. The first kappa shape index (κ1) is 14.7. The Hall–Kier alpha value is -2.87. The highest BCUT2D eigenvalue weighted by Crippen LogP contribution is 2.20. The molecule has 0 aliphatic carbocycles. The minimum absolute atomic E-state index is 0.580. The van der Waals surface area contributed by atoms with Crippen LogP contribution >= 0.6 is 0 Å². The molecule has 4 rings (SSSR count). The standard InChI is InChI=1S/C16H19N7O/c1-21-16(22-8-10-24-11-9-22)19-15(20-21)18-13-4-2-5-14(12-13)23-7-3-6-17-23/h2-7,12H,8-11H2,1H3,(H,18,20). The van der Waals surface area contributed by atoms with Gasteiger partial charge in [-0.3, -0.25) is 0 Å². The molecule has 124 valence electrons. The summed E-state index contributed by atoms with van der Waals surface area (Å²) in [7, 11) is 1.91. The second-order valence-corrected chi connectivity index (χ2v) is 5.58. The van der Waals surface area contributed by atoms with Gasteiger partial charge in [-0.05, 0) is 24.3 Å². The normalized spacial score (nSPS) is 14.8. The van der Waals surface area contributed by atoms with Gasteiger partial charge in [-0.2, -0.15) is 10.1 Å². The van der Waals surface area contributed by atoms with Crippen LogP contribution in [0.5, 0.6) is 0 Å². The molecule has 0 spiro atoms. The fourth-order valence-corrected chi connectivity index (χ4v) is 2.74. The number of rotatable bonds is 4. The monoisotopic (exact) mass is 325 g/mol. The summed E-state index contributed by atoms with van der Waals surface area (Å²) in [5.74, 6) is 1.43. The predicted molar refractivity (Wildman–Crippen MR) is 90.9 cm³/mol. The van der Waals surface area contributed by atoms with Crippen LogP contribution in [0.15, 0.2) is 42.7 Å². The molecular formula is C16H19N7O. The molecular weight excluding hydrogens is 306 g/mol. The Morgan fingerprint density at radius 3 is 2.83 bits per heavy atom. The first-order chi connectivity index (χ1) is 11.8.